The molecule has 1 N–H and O–H groups in total. The van der Waals surface area contributed by atoms with Crippen molar-refractivity contribution in [2.24, 2.45) is 5.92 Å². The van der Waals surface area contributed by atoms with E-state index >= 15 is 0 Å². The lowest BCUT2D eigenvalue weighted by Crippen LogP contribution is -2.24. The maximum absolute atomic E-state index is 14.9. The van der Waals surface area contributed by atoms with Gasteiger partial charge in [0.2, 0.25) is 0 Å². The maximum Gasteiger partial charge on any atom is 0.303 e. The van der Waals surface area contributed by atoms with Gasteiger partial charge in [0.15, 0.2) is 0 Å². The number of nitrogens with zero attached hydrogens (tertiary/aromatic N) is 1. The Morgan fingerprint density at radius 3 is 2.35 bits per heavy atom. The van der Waals surface area contributed by atoms with Crippen molar-refractivity contribution in [1.29, 1.82) is 0 Å². The topological polar surface area (TPSA) is 59.0 Å². The summed E-state index contributed by atoms with van der Waals surface area (Å²) in [5, 5.41) is 8.94. The molecule has 0 radical (unpaired) electrons. The number of benzene rings is 3. The van der Waals surface area contributed by atoms with Crippen LogP contribution in [0.25, 0.3) is 11.1 Å². The summed E-state index contributed by atoms with van der Waals surface area (Å²) >= 11 is 0. The van der Waals surface area contributed by atoms with Gasteiger partial charge in [0, 0.05) is 18.5 Å². The molecule has 1 saturated carbocycles. The van der Waals surface area contributed by atoms with Crippen molar-refractivity contribution in [3.8, 4) is 22.6 Å². The summed E-state index contributed by atoms with van der Waals surface area (Å²) in [6.07, 6.45) is 8.41. The third kappa shape index (κ3) is 9.37. The molecule has 1 aliphatic carbocycles. The van der Waals surface area contributed by atoms with Crippen molar-refractivity contribution in [2.75, 3.05) is 20.2 Å². The molecule has 0 amide bonds. The number of carboxylic acids is 1. The van der Waals surface area contributed by atoms with Crippen molar-refractivity contribution in [3.63, 3.8) is 0 Å². The van der Waals surface area contributed by atoms with Gasteiger partial charge in [-0.1, -0.05) is 62.9 Å². The molecule has 3 aromatic rings. The summed E-state index contributed by atoms with van der Waals surface area (Å²) in [6, 6.07) is 18.5. The fourth-order valence-electron chi connectivity index (χ4n) is 4.88. The average molecular weight is 548 g/mol. The zero-order valence-corrected chi connectivity index (χ0v) is 23.8. The Morgan fingerprint density at radius 2 is 1.68 bits per heavy atom. The molecule has 0 spiro atoms. The van der Waals surface area contributed by atoms with Crippen LogP contribution in [0.1, 0.15) is 68.6 Å². The summed E-state index contributed by atoms with van der Waals surface area (Å²) in [4.78, 5) is 13.3. The number of aryl methyl sites for hydroxylation is 1. The lowest BCUT2D eigenvalue weighted by atomic mass is 9.96. The molecule has 0 bridgehead atoms. The van der Waals surface area contributed by atoms with E-state index in [1.807, 2.05) is 36.4 Å². The lowest BCUT2D eigenvalue weighted by Gasteiger charge is -2.23. The first-order chi connectivity index (χ1) is 19.4. The van der Waals surface area contributed by atoms with Gasteiger partial charge in [-0.25, -0.2) is 4.39 Å². The van der Waals surface area contributed by atoms with E-state index < -0.39 is 5.97 Å². The number of hydrogen-bond donors (Lipinski definition) is 1. The van der Waals surface area contributed by atoms with Gasteiger partial charge in [-0.2, -0.15) is 0 Å². The molecule has 2 aliphatic rings. The van der Waals surface area contributed by atoms with E-state index in [0.717, 1.165) is 47.8 Å². The minimum absolute atomic E-state index is 0.0889. The van der Waals surface area contributed by atoms with Gasteiger partial charge in [-0.3, -0.25) is 9.69 Å². The lowest BCUT2D eigenvalue weighted by molar-refractivity contribution is -0.136. The maximum atomic E-state index is 14.9. The van der Waals surface area contributed by atoms with Crippen LogP contribution in [0.2, 0.25) is 0 Å². The Balaban J connectivity index is 0.000000848. The summed E-state index contributed by atoms with van der Waals surface area (Å²) in [6.45, 7) is 5.49. The predicted molar refractivity (Wildman–Crippen MR) is 157 cm³/mol. The first kappa shape index (κ1) is 29.6. The molecule has 3 aromatic carbocycles. The molecule has 40 heavy (non-hydrogen) atoms. The fourth-order valence-corrected chi connectivity index (χ4v) is 4.88. The molecule has 1 saturated heterocycles. The number of methoxy groups -OCH3 is 1. The van der Waals surface area contributed by atoms with Gasteiger partial charge in [0.25, 0.3) is 0 Å². The second-order valence-corrected chi connectivity index (χ2v) is 11.0. The Labute approximate surface area is 237 Å². The van der Waals surface area contributed by atoms with E-state index in [1.54, 1.807) is 19.2 Å². The monoisotopic (exact) mass is 547 g/mol. The minimum Gasteiger partial charge on any atom is -0.497 e. The summed E-state index contributed by atoms with van der Waals surface area (Å²) < 4.78 is 26.3. The van der Waals surface area contributed by atoms with E-state index in [-0.39, 0.29) is 12.2 Å². The van der Waals surface area contributed by atoms with Crippen molar-refractivity contribution in [2.45, 2.75) is 71.4 Å². The number of halogens is 1. The van der Waals surface area contributed by atoms with Crippen molar-refractivity contribution in [1.82, 2.24) is 4.90 Å². The zero-order chi connectivity index (χ0) is 28.3. The second kappa shape index (κ2) is 14.8. The van der Waals surface area contributed by atoms with Crippen LogP contribution in [0.4, 0.5) is 4.39 Å². The Bertz CT molecular complexity index is 1250. The fraction of sp³-hybridized carbons (Fsp3) is 0.441. The van der Waals surface area contributed by atoms with Gasteiger partial charge in [0.05, 0.1) is 7.11 Å². The highest BCUT2D eigenvalue weighted by Crippen LogP contribution is 2.32. The molecule has 214 valence electrons. The standard InChI is InChI=1S/C30H34FNO4.C4H8/c1-35-25-11-13-29(31)28(19-25)27-12-9-23(17-24(27)20-32-15-4-2-3-5-16-32)21-36-26-8-6-7-22(18-26)10-14-30(33)34;1-4-2-3-4/h6-9,11-13,17-19H,2-5,10,14-16,20-21H2,1H3,(H,33,34);4H,2-3H2,1H3. The van der Waals surface area contributed by atoms with Gasteiger partial charge in [0.1, 0.15) is 23.9 Å². The number of hydrogen-bond acceptors (Lipinski definition) is 4. The Kier molecular flexibility index (Phi) is 11.0. The van der Waals surface area contributed by atoms with Crippen LogP contribution < -0.4 is 9.47 Å². The van der Waals surface area contributed by atoms with Crippen LogP contribution in [-0.4, -0.2) is 36.2 Å². The van der Waals surface area contributed by atoms with E-state index in [0.29, 0.717) is 30.1 Å². The van der Waals surface area contributed by atoms with Crippen LogP contribution in [0.5, 0.6) is 11.5 Å². The van der Waals surface area contributed by atoms with Crippen LogP contribution in [-0.2, 0) is 24.4 Å². The van der Waals surface area contributed by atoms with E-state index in [1.165, 1.54) is 44.6 Å². The number of carboxylic acid groups (broad SMARTS) is 1. The molecule has 1 aliphatic heterocycles. The zero-order valence-electron chi connectivity index (χ0n) is 23.8. The number of rotatable bonds is 10. The summed E-state index contributed by atoms with van der Waals surface area (Å²) in [5.74, 6) is 1.33. The number of ether oxygens (including phenoxy) is 2. The van der Waals surface area contributed by atoms with Gasteiger partial charge in [-0.05, 0) is 90.9 Å². The molecule has 0 atom stereocenters. The SMILES string of the molecule is CC1CC1.COc1ccc(F)c(-c2ccc(COc3cccc(CCC(=O)O)c3)cc2CN2CCCCCC2)c1. The molecule has 5 nitrogen and oxygen atoms in total. The second-order valence-electron chi connectivity index (χ2n) is 11.0. The minimum atomic E-state index is -0.814. The highest BCUT2D eigenvalue weighted by Gasteiger charge is 2.17. The molecule has 0 aromatic heterocycles. The van der Waals surface area contributed by atoms with Crippen molar-refractivity contribution in [3.05, 3.63) is 83.2 Å². The summed E-state index contributed by atoms with van der Waals surface area (Å²) in [7, 11) is 1.59. The molecule has 0 unspecified atom stereocenters. The van der Waals surface area contributed by atoms with Gasteiger partial charge >= 0.3 is 5.97 Å². The normalized spacial score (nSPS) is 15.5. The Morgan fingerprint density at radius 1 is 0.925 bits per heavy atom. The van der Waals surface area contributed by atoms with Gasteiger partial charge < -0.3 is 14.6 Å². The molecule has 2 fully saturated rings. The number of likely N-dealkylation sites (tertiary alicyclic amines) is 1. The number of carbonyl (C=O) groups is 1. The molecular weight excluding hydrogens is 505 g/mol. The molecule has 1 heterocycles. The smallest absolute Gasteiger partial charge is 0.303 e. The van der Waals surface area contributed by atoms with Crippen molar-refractivity contribution < 1.29 is 23.8 Å². The largest absolute Gasteiger partial charge is 0.497 e. The highest BCUT2D eigenvalue weighted by atomic mass is 19.1. The summed E-state index contributed by atoms with van der Waals surface area (Å²) in [5.41, 5.74) is 4.41. The first-order valence-corrected chi connectivity index (χ1v) is 14.5. The van der Waals surface area contributed by atoms with Crippen LogP contribution >= 0.6 is 0 Å². The highest BCUT2D eigenvalue weighted by molar-refractivity contribution is 5.70. The van der Waals surface area contributed by atoms with Crippen molar-refractivity contribution >= 4 is 5.97 Å². The van der Waals surface area contributed by atoms with E-state index in [9.17, 15) is 9.18 Å². The first-order valence-electron chi connectivity index (χ1n) is 14.5. The quantitative estimate of drug-likeness (QED) is 0.280. The molecule has 5 rings (SSSR count). The average Bonchev–Trinajstić information content (AvgIpc) is 3.79. The van der Waals surface area contributed by atoms with E-state index in [4.69, 9.17) is 14.6 Å². The Hall–Kier alpha value is -3.38. The van der Waals surface area contributed by atoms with Crippen LogP contribution in [0.15, 0.2) is 60.7 Å². The van der Waals surface area contributed by atoms with Crippen LogP contribution in [0.3, 0.4) is 0 Å². The number of aliphatic carboxylic acids is 1. The van der Waals surface area contributed by atoms with Crippen LogP contribution in [0, 0.1) is 11.7 Å². The molecular formula is C34H42FNO4. The predicted octanol–water partition coefficient (Wildman–Crippen LogP) is 7.89. The third-order valence-electron chi connectivity index (χ3n) is 7.52. The third-order valence-corrected chi connectivity index (χ3v) is 7.52. The van der Waals surface area contributed by atoms with E-state index in [2.05, 4.69) is 17.9 Å². The molecule has 6 heteroatoms. The van der Waals surface area contributed by atoms with Gasteiger partial charge in [-0.15, -0.1) is 0 Å².